The number of hydrogen-bond donors (Lipinski definition) is 1. The predicted octanol–water partition coefficient (Wildman–Crippen LogP) is 5.37. The van der Waals surface area contributed by atoms with Crippen molar-refractivity contribution in [1.82, 2.24) is 0 Å². The van der Waals surface area contributed by atoms with Crippen LogP contribution in [0.25, 0.3) is 0 Å². The molecular formula is C34H32O7. The smallest absolute Gasteiger partial charge is 0.338 e. The Morgan fingerprint density at radius 3 is 1.41 bits per heavy atom. The number of benzene rings is 4. The molecule has 1 N–H and O–H groups in total. The van der Waals surface area contributed by atoms with Crippen molar-refractivity contribution in [3.05, 3.63) is 144 Å². The molecular weight excluding hydrogens is 520 g/mol. The molecule has 5 atom stereocenters. The number of carbonyl (C=O) groups excluding carboxylic acids is 2. The van der Waals surface area contributed by atoms with E-state index in [2.05, 4.69) is 0 Å². The number of aliphatic hydroxyl groups is 1. The molecule has 210 valence electrons. The van der Waals surface area contributed by atoms with E-state index in [0.717, 1.165) is 11.1 Å². The fourth-order valence-electron chi connectivity index (χ4n) is 4.84. The molecule has 1 aliphatic carbocycles. The van der Waals surface area contributed by atoms with Gasteiger partial charge >= 0.3 is 11.9 Å². The molecule has 4 aromatic carbocycles. The Morgan fingerprint density at radius 2 is 0.951 bits per heavy atom. The molecule has 1 aliphatic rings. The first-order valence-corrected chi connectivity index (χ1v) is 13.6. The molecule has 7 heteroatoms. The maximum atomic E-state index is 13.2. The highest BCUT2D eigenvalue weighted by atomic mass is 16.6. The van der Waals surface area contributed by atoms with Crippen LogP contribution in [0.3, 0.4) is 0 Å². The summed E-state index contributed by atoms with van der Waals surface area (Å²) in [6.45, 7) is 0.379. The molecule has 0 heterocycles. The highest BCUT2D eigenvalue weighted by molar-refractivity contribution is 5.90. The van der Waals surface area contributed by atoms with Crippen molar-refractivity contribution in [1.29, 1.82) is 0 Å². The van der Waals surface area contributed by atoms with Gasteiger partial charge in [0.25, 0.3) is 0 Å². The van der Waals surface area contributed by atoms with Crippen molar-refractivity contribution in [3.63, 3.8) is 0 Å². The fraction of sp³-hybridized carbons (Fsp3) is 0.235. The topological polar surface area (TPSA) is 91.3 Å². The predicted molar refractivity (Wildman–Crippen MR) is 152 cm³/mol. The monoisotopic (exact) mass is 552 g/mol. The largest absolute Gasteiger partial charge is 0.456 e. The lowest BCUT2D eigenvalue weighted by atomic mass is 9.86. The summed E-state index contributed by atoms with van der Waals surface area (Å²) in [7, 11) is 0. The van der Waals surface area contributed by atoms with E-state index in [-0.39, 0.29) is 19.6 Å². The third-order valence-electron chi connectivity index (χ3n) is 6.98. The standard InChI is InChI=1S/C34H32O7/c35-30-28(40-33(36)26-17-9-3-10-18-26)21-29(41-34(37)27-19-11-4-12-20-27)31(38-22-24-13-5-1-6-14-24)32(30)39-23-25-15-7-2-8-16-25/h1-20,28-32,35H,21-23H2/t28-,29-,30+,31-,32-/m0/s1. The van der Waals surface area contributed by atoms with E-state index in [1.165, 1.54) is 0 Å². The molecule has 5 rings (SSSR count). The minimum atomic E-state index is -1.24. The number of rotatable bonds is 10. The molecule has 0 amide bonds. The summed E-state index contributed by atoms with van der Waals surface area (Å²) in [5.41, 5.74) is 2.53. The normalized spacial score (nSPS) is 22.0. The third-order valence-corrected chi connectivity index (χ3v) is 6.98. The van der Waals surface area contributed by atoms with Gasteiger partial charge in [-0.05, 0) is 35.4 Å². The molecule has 0 unspecified atom stereocenters. The van der Waals surface area contributed by atoms with E-state index in [1.54, 1.807) is 54.6 Å². The Kier molecular flexibility index (Phi) is 9.54. The van der Waals surface area contributed by atoms with E-state index in [1.807, 2.05) is 66.7 Å². The van der Waals surface area contributed by atoms with E-state index in [4.69, 9.17) is 18.9 Å². The summed E-state index contributed by atoms with van der Waals surface area (Å²) in [6, 6.07) is 36.3. The van der Waals surface area contributed by atoms with E-state index < -0.39 is 42.5 Å². The second kappa shape index (κ2) is 13.9. The van der Waals surface area contributed by atoms with Gasteiger partial charge in [-0.2, -0.15) is 0 Å². The highest BCUT2D eigenvalue weighted by Gasteiger charge is 2.49. The number of esters is 2. The van der Waals surface area contributed by atoms with E-state index >= 15 is 0 Å². The third kappa shape index (κ3) is 7.46. The zero-order valence-electron chi connectivity index (χ0n) is 22.5. The first-order valence-electron chi connectivity index (χ1n) is 13.6. The molecule has 1 fully saturated rings. The second-order valence-corrected chi connectivity index (χ2v) is 9.87. The number of hydrogen-bond acceptors (Lipinski definition) is 7. The maximum Gasteiger partial charge on any atom is 0.338 e. The average molecular weight is 553 g/mol. The van der Waals surface area contributed by atoms with Crippen LogP contribution in [-0.4, -0.2) is 47.6 Å². The number of aliphatic hydroxyl groups excluding tert-OH is 1. The summed E-state index contributed by atoms with van der Waals surface area (Å²) in [5, 5.41) is 11.5. The van der Waals surface area contributed by atoms with Gasteiger partial charge in [-0.25, -0.2) is 9.59 Å². The van der Waals surface area contributed by atoms with Gasteiger partial charge in [-0.15, -0.1) is 0 Å². The summed E-state index contributed by atoms with van der Waals surface area (Å²) < 4.78 is 24.3. The first kappa shape index (κ1) is 28.2. The summed E-state index contributed by atoms with van der Waals surface area (Å²) in [4.78, 5) is 26.1. The lowest BCUT2D eigenvalue weighted by Gasteiger charge is -2.43. The molecule has 4 aromatic rings. The van der Waals surface area contributed by atoms with E-state index in [9.17, 15) is 14.7 Å². The molecule has 0 bridgehead atoms. The second-order valence-electron chi connectivity index (χ2n) is 9.87. The molecule has 0 aliphatic heterocycles. The van der Waals surface area contributed by atoms with Gasteiger partial charge in [0.05, 0.1) is 24.3 Å². The Morgan fingerprint density at radius 1 is 0.561 bits per heavy atom. The molecule has 0 aromatic heterocycles. The van der Waals surface area contributed by atoms with Gasteiger partial charge in [0.2, 0.25) is 0 Å². The van der Waals surface area contributed by atoms with Crippen LogP contribution >= 0.6 is 0 Å². The number of ether oxygens (including phenoxy) is 4. The van der Waals surface area contributed by atoms with Gasteiger partial charge in [-0.3, -0.25) is 0 Å². The van der Waals surface area contributed by atoms with Crippen molar-refractivity contribution in [2.45, 2.75) is 50.2 Å². The SMILES string of the molecule is O=C(O[C@H]1C[C@H](OC(=O)c2ccccc2)[C@H](OCc2ccccc2)[C@@H](OCc2ccccc2)[C@@H]1O)c1ccccc1. The lowest BCUT2D eigenvalue weighted by Crippen LogP contribution is -2.59. The molecule has 0 spiro atoms. The van der Waals surface area contributed by atoms with Crippen molar-refractivity contribution >= 4 is 11.9 Å². The van der Waals surface area contributed by atoms with Gasteiger partial charge in [0, 0.05) is 6.42 Å². The lowest BCUT2D eigenvalue weighted by molar-refractivity contribution is -0.216. The number of carbonyl (C=O) groups is 2. The van der Waals surface area contributed by atoms with E-state index in [0.29, 0.717) is 11.1 Å². The van der Waals surface area contributed by atoms with Crippen molar-refractivity contribution < 1.29 is 33.6 Å². The minimum Gasteiger partial charge on any atom is -0.456 e. The zero-order chi connectivity index (χ0) is 28.4. The minimum absolute atomic E-state index is 0.0307. The van der Waals surface area contributed by atoms with Crippen molar-refractivity contribution in [2.24, 2.45) is 0 Å². The van der Waals surface area contributed by atoms with Gasteiger partial charge in [-0.1, -0.05) is 97.1 Å². The average Bonchev–Trinajstić information content (AvgIpc) is 3.03. The Labute approximate surface area is 239 Å². The fourth-order valence-corrected chi connectivity index (χ4v) is 4.84. The van der Waals surface area contributed by atoms with Crippen LogP contribution in [-0.2, 0) is 32.2 Å². The van der Waals surface area contributed by atoms with Crippen LogP contribution in [0.2, 0.25) is 0 Å². The van der Waals surface area contributed by atoms with Crippen LogP contribution in [0.4, 0.5) is 0 Å². The first-order chi connectivity index (χ1) is 20.1. The Bertz CT molecular complexity index is 1380. The highest BCUT2D eigenvalue weighted by Crippen LogP contribution is 2.32. The van der Waals surface area contributed by atoms with Gasteiger partial charge in [0.15, 0.2) is 0 Å². The molecule has 0 radical (unpaired) electrons. The molecule has 41 heavy (non-hydrogen) atoms. The molecule has 0 saturated heterocycles. The van der Waals surface area contributed by atoms with Crippen molar-refractivity contribution in [2.75, 3.05) is 0 Å². The van der Waals surface area contributed by atoms with Crippen molar-refractivity contribution in [3.8, 4) is 0 Å². The summed E-state index contributed by atoms with van der Waals surface area (Å²) >= 11 is 0. The van der Waals surface area contributed by atoms with Crippen LogP contribution in [0.5, 0.6) is 0 Å². The molecule has 1 saturated carbocycles. The van der Waals surface area contributed by atoms with Crippen LogP contribution in [0.15, 0.2) is 121 Å². The van der Waals surface area contributed by atoms with Crippen LogP contribution in [0, 0.1) is 0 Å². The molecule has 7 nitrogen and oxygen atoms in total. The Balaban J connectivity index is 1.43. The van der Waals surface area contributed by atoms with Gasteiger partial charge < -0.3 is 24.1 Å². The zero-order valence-corrected chi connectivity index (χ0v) is 22.5. The van der Waals surface area contributed by atoms with Crippen LogP contribution < -0.4 is 0 Å². The summed E-state index contributed by atoms with van der Waals surface area (Å²) in [6.07, 6.45) is -4.89. The Hall–Kier alpha value is -4.30. The quantitative estimate of drug-likeness (QED) is 0.265. The van der Waals surface area contributed by atoms with Gasteiger partial charge in [0.1, 0.15) is 30.5 Å². The maximum absolute atomic E-state index is 13.2. The summed E-state index contributed by atoms with van der Waals surface area (Å²) in [5.74, 6) is -1.14. The van der Waals surface area contributed by atoms with Crippen LogP contribution in [0.1, 0.15) is 38.3 Å².